The summed E-state index contributed by atoms with van der Waals surface area (Å²) in [7, 11) is 0. The Balaban J connectivity index is 1.68. The van der Waals surface area contributed by atoms with Gasteiger partial charge in [0.2, 0.25) is 0 Å². The lowest BCUT2D eigenvalue weighted by molar-refractivity contribution is -0.0125. The number of nitrogens with zero attached hydrogens (tertiary/aromatic N) is 1. The molecule has 0 radical (unpaired) electrons. The van der Waals surface area contributed by atoms with Crippen molar-refractivity contribution in [2.24, 2.45) is 11.8 Å². The van der Waals surface area contributed by atoms with Crippen molar-refractivity contribution in [3.8, 4) is 0 Å². The Morgan fingerprint density at radius 3 is 2.44 bits per heavy atom. The van der Waals surface area contributed by atoms with Crippen LogP contribution in [0.3, 0.4) is 0 Å². The van der Waals surface area contributed by atoms with Gasteiger partial charge < -0.3 is 9.64 Å². The van der Waals surface area contributed by atoms with E-state index in [0.717, 1.165) is 18.4 Å². The molecule has 2 saturated heterocycles. The second-order valence-electron chi connectivity index (χ2n) is 5.87. The van der Waals surface area contributed by atoms with Gasteiger partial charge in [0, 0.05) is 13.2 Å². The van der Waals surface area contributed by atoms with E-state index in [1.807, 2.05) is 0 Å². The van der Waals surface area contributed by atoms with Crippen molar-refractivity contribution in [3.63, 3.8) is 0 Å². The topological polar surface area (TPSA) is 12.5 Å². The minimum Gasteiger partial charge on any atom is -0.377 e. The number of hydrogen-bond acceptors (Lipinski definition) is 2. The standard InChI is InChI=1S/C14H27NO/c1-12(2)13-6-8-15(9-7-13)11-14-5-3-4-10-16-14/h12-14H,3-11H2,1-2H3. The monoisotopic (exact) mass is 225 g/mol. The molecule has 94 valence electrons. The molecule has 1 unspecified atom stereocenters. The predicted molar refractivity (Wildman–Crippen MR) is 67.6 cm³/mol. The number of piperidine rings is 1. The third-order valence-corrected chi connectivity index (χ3v) is 4.31. The van der Waals surface area contributed by atoms with Crippen molar-refractivity contribution >= 4 is 0 Å². The molecule has 0 aromatic carbocycles. The zero-order valence-corrected chi connectivity index (χ0v) is 11.0. The molecule has 0 aliphatic carbocycles. The van der Waals surface area contributed by atoms with Crippen molar-refractivity contribution in [1.29, 1.82) is 0 Å². The highest BCUT2D eigenvalue weighted by atomic mass is 16.5. The van der Waals surface area contributed by atoms with Crippen LogP contribution in [0.5, 0.6) is 0 Å². The Morgan fingerprint density at radius 1 is 1.12 bits per heavy atom. The van der Waals surface area contributed by atoms with Gasteiger partial charge in [-0.2, -0.15) is 0 Å². The van der Waals surface area contributed by atoms with Crippen molar-refractivity contribution < 1.29 is 4.74 Å². The number of rotatable bonds is 3. The number of hydrogen-bond donors (Lipinski definition) is 0. The van der Waals surface area contributed by atoms with Crippen molar-refractivity contribution in [2.45, 2.75) is 52.1 Å². The molecule has 0 amide bonds. The van der Waals surface area contributed by atoms with Crippen LogP contribution in [0.4, 0.5) is 0 Å². The molecule has 0 spiro atoms. The van der Waals surface area contributed by atoms with Gasteiger partial charge in [-0.25, -0.2) is 0 Å². The smallest absolute Gasteiger partial charge is 0.0702 e. The molecule has 2 aliphatic rings. The lowest BCUT2D eigenvalue weighted by Crippen LogP contribution is -2.41. The van der Waals surface area contributed by atoms with E-state index in [0.29, 0.717) is 6.10 Å². The average molecular weight is 225 g/mol. The van der Waals surface area contributed by atoms with Gasteiger partial charge in [0.05, 0.1) is 6.10 Å². The first-order valence-electron chi connectivity index (χ1n) is 7.09. The summed E-state index contributed by atoms with van der Waals surface area (Å²) < 4.78 is 5.81. The van der Waals surface area contributed by atoms with Gasteiger partial charge >= 0.3 is 0 Å². The Morgan fingerprint density at radius 2 is 1.88 bits per heavy atom. The average Bonchev–Trinajstić information content (AvgIpc) is 2.31. The van der Waals surface area contributed by atoms with Crippen LogP contribution in [-0.4, -0.2) is 37.2 Å². The van der Waals surface area contributed by atoms with Crippen LogP contribution >= 0.6 is 0 Å². The molecule has 2 nitrogen and oxygen atoms in total. The van der Waals surface area contributed by atoms with Crippen LogP contribution in [0.25, 0.3) is 0 Å². The molecule has 0 aromatic rings. The first-order valence-corrected chi connectivity index (χ1v) is 7.09. The molecule has 0 aromatic heterocycles. The molecule has 2 aliphatic heterocycles. The molecule has 2 heteroatoms. The Labute approximate surface area is 100 Å². The van der Waals surface area contributed by atoms with E-state index in [4.69, 9.17) is 4.74 Å². The van der Waals surface area contributed by atoms with E-state index in [9.17, 15) is 0 Å². The lowest BCUT2D eigenvalue weighted by Gasteiger charge is -2.36. The van der Waals surface area contributed by atoms with Gasteiger partial charge in [-0.15, -0.1) is 0 Å². The molecular formula is C14H27NO. The fraction of sp³-hybridized carbons (Fsp3) is 1.00. The summed E-state index contributed by atoms with van der Waals surface area (Å²) in [5.74, 6) is 1.83. The molecule has 2 rings (SSSR count). The van der Waals surface area contributed by atoms with Crippen LogP contribution < -0.4 is 0 Å². The van der Waals surface area contributed by atoms with E-state index >= 15 is 0 Å². The zero-order chi connectivity index (χ0) is 11.4. The van der Waals surface area contributed by atoms with Gasteiger partial charge in [-0.05, 0) is 57.0 Å². The summed E-state index contributed by atoms with van der Waals surface area (Å²) in [6, 6.07) is 0. The van der Waals surface area contributed by atoms with Gasteiger partial charge in [-0.1, -0.05) is 13.8 Å². The third kappa shape index (κ3) is 3.46. The summed E-state index contributed by atoms with van der Waals surface area (Å²) in [5, 5.41) is 0. The highest BCUT2D eigenvalue weighted by Crippen LogP contribution is 2.25. The SMILES string of the molecule is CC(C)C1CCN(CC2CCCCO2)CC1. The van der Waals surface area contributed by atoms with Gasteiger partial charge in [0.15, 0.2) is 0 Å². The second-order valence-corrected chi connectivity index (χ2v) is 5.87. The normalized spacial score (nSPS) is 29.8. The summed E-state index contributed by atoms with van der Waals surface area (Å²) >= 11 is 0. The molecule has 2 heterocycles. The maximum Gasteiger partial charge on any atom is 0.0702 e. The van der Waals surface area contributed by atoms with Crippen molar-refractivity contribution in [3.05, 3.63) is 0 Å². The molecule has 2 fully saturated rings. The maximum absolute atomic E-state index is 5.81. The van der Waals surface area contributed by atoms with Crippen LogP contribution in [-0.2, 0) is 4.74 Å². The zero-order valence-electron chi connectivity index (χ0n) is 11.0. The quantitative estimate of drug-likeness (QED) is 0.732. The van der Waals surface area contributed by atoms with Crippen molar-refractivity contribution in [2.75, 3.05) is 26.2 Å². The van der Waals surface area contributed by atoms with Gasteiger partial charge in [0.1, 0.15) is 0 Å². The van der Waals surface area contributed by atoms with E-state index in [1.165, 1.54) is 51.7 Å². The molecule has 0 saturated carbocycles. The van der Waals surface area contributed by atoms with Crippen LogP contribution in [0, 0.1) is 11.8 Å². The van der Waals surface area contributed by atoms with E-state index in [2.05, 4.69) is 18.7 Å². The van der Waals surface area contributed by atoms with E-state index in [1.54, 1.807) is 0 Å². The first kappa shape index (κ1) is 12.4. The molecule has 0 bridgehead atoms. The fourth-order valence-electron chi connectivity index (χ4n) is 3.04. The highest BCUT2D eigenvalue weighted by molar-refractivity contribution is 4.77. The molecule has 1 atom stereocenters. The van der Waals surface area contributed by atoms with Crippen LogP contribution in [0.15, 0.2) is 0 Å². The summed E-state index contributed by atoms with van der Waals surface area (Å²) in [6.07, 6.45) is 7.24. The van der Waals surface area contributed by atoms with Gasteiger partial charge in [-0.3, -0.25) is 0 Å². The number of likely N-dealkylation sites (tertiary alicyclic amines) is 1. The summed E-state index contributed by atoms with van der Waals surface area (Å²) in [6.45, 7) is 9.50. The highest BCUT2D eigenvalue weighted by Gasteiger charge is 2.24. The van der Waals surface area contributed by atoms with Crippen LogP contribution in [0.2, 0.25) is 0 Å². The van der Waals surface area contributed by atoms with E-state index < -0.39 is 0 Å². The first-order chi connectivity index (χ1) is 7.75. The summed E-state index contributed by atoms with van der Waals surface area (Å²) in [4.78, 5) is 2.62. The maximum atomic E-state index is 5.81. The minimum atomic E-state index is 0.532. The molecule has 0 N–H and O–H groups in total. The molecular weight excluding hydrogens is 198 g/mol. The largest absolute Gasteiger partial charge is 0.377 e. The van der Waals surface area contributed by atoms with E-state index in [-0.39, 0.29) is 0 Å². The predicted octanol–water partition coefficient (Wildman–Crippen LogP) is 2.92. The Bertz CT molecular complexity index is 191. The Kier molecular flexibility index (Phi) is 4.66. The second kappa shape index (κ2) is 6.02. The van der Waals surface area contributed by atoms with Gasteiger partial charge in [0.25, 0.3) is 0 Å². The molecule has 16 heavy (non-hydrogen) atoms. The minimum absolute atomic E-state index is 0.532. The van der Waals surface area contributed by atoms with Crippen LogP contribution in [0.1, 0.15) is 46.0 Å². The number of ether oxygens (including phenoxy) is 1. The lowest BCUT2D eigenvalue weighted by atomic mass is 9.86. The Hall–Kier alpha value is -0.0800. The third-order valence-electron chi connectivity index (χ3n) is 4.31. The fourth-order valence-corrected chi connectivity index (χ4v) is 3.04. The summed E-state index contributed by atoms with van der Waals surface area (Å²) in [5.41, 5.74) is 0. The van der Waals surface area contributed by atoms with Crippen molar-refractivity contribution in [1.82, 2.24) is 4.90 Å².